The molecule has 22 heavy (non-hydrogen) atoms. The van der Waals surface area contributed by atoms with Gasteiger partial charge in [-0.05, 0) is 81.0 Å². The first-order valence-electron chi connectivity index (χ1n) is 8.92. The average molecular weight is 325 g/mol. The molecule has 0 saturated heterocycles. The summed E-state index contributed by atoms with van der Waals surface area (Å²) in [5.74, 6) is 5.13. The van der Waals surface area contributed by atoms with Crippen molar-refractivity contribution in [3.63, 3.8) is 0 Å². The third-order valence-electron chi connectivity index (χ3n) is 6.84. The first-order valence-corrected chi connectivity index (χ1v) is 10.3. The second kappa shape index (κ2) is 5.34. The third kappa shape index (κ3) is 2.29. The van der Waals surface area contributed by atoms with E-state index in [2.05, 4.69) is 12.2 Å². The summed E-state index contributed by atoms with van der Waals surface area (Å²) in [6.45, 7) is 7.22. The summed E-state index contributed by atoms with van der Waals surface area (Å²) >= 11 is 0. The summed E-state index contributed by atoms with van der Waals surface area (Å²) in [6.07, 6.45) is 9.15. The van der Waals surface area contributed by atoms with E-state index in [0.717, 1.165) is 36.0 Å². The van der Waals surface area contributed by atoms with Crippen molar-refractivity contribution in [1.29, 1.82) is 0 Å². The fourth-order valence-corrected chi connectivity index (χ4v) is 6.54. The molecule has 0 aliphatic heterocycles. The molecule has 0 aromatic rings. The van der Waals surface area contributed by atoms with Crippen LogP contribution >= 0.6 is 0 Å². The SMILES string of the molecule is CC.CC(C)(CC1CC2CC1C1C3C=CC(C3)C21)S(=O)(=O)[O-]. The molecule has 4 aliphatic rings. The van der Waals surface area contributed by atoms with Gasteiger partial charge in [0.2, 0.25) is 0 Å². The van der Waals surface area contributed by atoms with Gasteiger partial charge in [0.05, 0.1) is 14.9 Å². The van der Waals surface area contributed by atoms with Crippen LogP contribution in [0.3, 0.4) is 0 Å². The number of rotatable bonds is 3. The van der Waals surface area contributed by atoms with E-state index in [4.69, 9.17) is 0 Å². The maximum Gasteiger partial charge on any atom is 0.0999 e. The van der Waals surface area contributed by atoms with Crippen molar-refractivity contribution in [2.45, 2.75) is 58.1 Å². The Morgan fingerprint density at radius 2 is 1.64 bits per heavy atom. The van der Waals surface area contributed by atoms with Gasteiger partial charge in [-0.25, -0.2) is 8.42 Å². The van der Waals surface area contributed by atoms with Crippen LogP contribution in [-0.4, -0.2) is 17.7 Å². The molecule has 7 unspecified atom stereocenters. The predicted octanol–water partition coefficient (Wildman–Crippen LogP) is 3.82. The van der Waals surface area contributed by atoms with Gasteiger partial charge in [0.1, 0.15) is 0 Å². The molecule has 4 rings (SSSR count). The highest BCUT2D eigenvalue weighted by molar-refractivity contribution is 7.87. The summed E-state index contributed by atoms with van der Waals surface area (Å²) in [7, 11) is -4.20. The third-order valence-corrected chi connectivity index (χ3v) is 8.36. The van der Waals surface area contributed by atoms with Crippen LogP contribution in [0.2, 0.25) is 0 Å². The molecule has 0 heterocycles. The summed E-state index contributed by atoms with van der Waals surface area (Å²) < 4.78 is 33.2. The highest BCUT2D eigenvalue weighted by Crippen LogP contribution is 2.67. The molecule has 3 fully saturated rings. The Morgan fingerprint density at radius 1 is 1.05 bits per heavy atom. The zero-order chi connectivity index (χ0) is 16.3. The van der Waals surface area contributed by atoms with E-state index < -0.39 is 14.9 Å². The van der Waals surface area contributed by atoms with Crippen LogP contribution in [-0.2, 0) is 10.1 Å². The van der Waals surface area contributed by atoms with Crippen molar-refractivity contribution >= 4 is 10.1 Å². The van der Waals surface area contributed by atoms with Gasteiger partial charge < -0.3 is 4.55 Å². The zero-order valence-corrected chi connectivity index (χ0v) is 15.0. The lowest BCUT2D eigenvalue weighted by atomic mass is 9.68. The predicted molar refractivity (Wildman–Crippen MR) is 87.2 cm³/mol. The largest absolute Gasteiger partial charge is 0.748 e. The molecule has 7 atom stereocenters. The molecule has 3 saturated carbocycles. The molecular formula is C18H29O3S-. The van der Waals surface area contributed by atoms with Crippen molar-refractivity contribution in [1.82, 2.24) is 0 Å². The molecule has 0 amide bonds. The van der Waals surface area contributed by atoms with E-state index in [1.165, 1.54) is 12.8 Å². The molecule has 0 radical (unpaired) electrons. The van der Waals surface area contributed by atoms with E-state index in [9.17, 15) is 13.0 Å². The maximum atomic E-state index is 11.4. The molecular weight excluding hydrogens is 296 g/mol. The average Bonchev–Trinajstić information content (AvgIpc) is 3.17. The lowest BCUT2D eigenvalue weighted by Gasteiger charge is -2.40. The highest BCUT2D eigenvalue weighted by Gasteiger charge is 2.61. The number of hydrogen-bond donors (Lipinski definition) is 0. The molecule has 0 aromatic heterocycles. The van der Waals surface area contributed by atoms with Gasteiger partial charge in [-0.1, -0.05) is 26.0 Å². The Kier molecular flexibility index (Phi) is 4.00. The van der Waals surface area contributed by atoms with E-state index >= 15 is 0 Å². The van der Waals surface area contributed by atoms with Crippen molar-refractivity contribution in [3.8, 4) is 0 Å². The van der Waals surface area contributed by atoms with Gasteiger partial charge in [-0.3, -0.25) is 0 Å². The van der Waals surface area contributed by atoms with E-state index in [1.807, 2.05) is 13.8 Å². The van der Waals surface area contributed by atoms with Crippen LogP contribution in [0.25, 0.3) is 0 Å². The molecule has 4 bridgehead atoms. The van der Waals surface area contributed by atoms with Crippen molar-refractivity contribution in [2.75, 3.05) is 0 Å². The van der Waals surface area contributed by atoms with Crippen LogP contribution in [0.4, 0.5) is 0 Å². The first-order chi connectivity index (χ1) is 10.3. The Balaban J connectivity index is 0.000000693. The van der Waals surface area contributed by atoms with E-state index in [0.29, 0.717) is 18.3 Å². The molecule has 3 nitrogen and oxygen atoms in total. The second-order valence-electron chi connectivity index (χ2n) is 8.18. The van der Waals surface area contributed by atoms with Gasteiger partial charge >= 0.3 is 0 Å². The summed E-state index contributed by atoms with van der Waals surface area (Å²) in [5, 5.41) is 0. The van der Waals surface area contributed by atoms with E-state index in [-0.39, 0.29) is 0 Å². The van der Waals surface area contributed by atoms with Crippen LogP contribution < -0.4 is 0 Å². The normalized spacial score (nSPS) is 44.9. The molecule has 4 aliphatic carbocycles. The Morgan fingerprint density at radius 3 is 2.23 bits per heavy atom. The fourth-order valence-electron chi connectivity index (χ4n) is 6.12. The van der Waals surface area contributed by atoms with Gasteiger partial charge in [0, 0.05) is 0 Å². The number of hydrogen-bond acceptors (Lipinski definition) is 3. The van der Waals surface area contributed by atoms with Gasteiger partial charge in [0.25, 0.3) is 0 Å². The number of fused-ring (bicyclic) bond motifs is 9. The van der Waals surface area contributed by atoms with E-state index in [1.54, 1.807) is 13.8 Å². The van der Waals surface area contributed by atoms with Crippen LogP contribution in [0.1, 0.15) is 53.4 Å². The monoisotopic (exact) mass is 325 g/mol. The standard InChI is InChI=1S/C16H24O3S.C2H6/c1-16(2,20(17,18)19)8-12-6-11-7-13(12)15-10-4-3-9(5-10)14(11)15;1-2/h3-4,9-15H,5-8H2,1-2H3,(H,17,18,19);1-2H3/p-1. The minimum absolute atomic E-state index is 0.452. The molecule has 4 heteroatoms. The molecule has 0 N–H and O–H groups in total. The van der Waals surface area contributed by atoms with Gasteiger partial charge in [-0.15, -0.1) is 0 Å². The van der Waals surface area contributed by atoms with Gasteiger partial charge in [-0.2, -0.15) is 0 Å². The fraction of sp³-hybridized carbons (Fsp3) is 0.889. The lowest BCUT2D eigenvalue weighted by molar-refractivity contribution is 0.137. The minimum atomic E-state index is -4.20. The Bertz CT molecular complexity index is 563. The lowest BCUT2D eigenvalue weighted by Crippen LogP contribution is -2.38. The summed E-state index contributed by atoms with van der Waals surface area (Å²) in [4.78, 5) is 0. The van der Waals surface area contributed by atoms with Crippen molar-refractivity contribution < 1.29 is 13.0 Å². The van der Waals surface area contributed by atoms with Gasteiger partial charge in [0.15, 0.2) is 0 Å². The van der Waals surface area contributed by atoms with Crippen LogP contribution in [0, 0.1) is 41.4 Å². The smallest absolute Gasteiger partial charge is 0.0999 e. The molecule has 0 aromatic carbocycles. The minimum Gasteiger partial charge on any atom is -0.748 e. The van der Waals surface area contributed by atoms with Crippen molar-refractivity contribution in [3.05, 3.63) is 12.2 Å². The zero-order valence-electron chi connectivity index (χ0n) is 14.2. The molecule has 126 valence electrons. The first kappa shape index (κ1) is 16.5. The van der Waals surface area contributed by atoms with Crippen LogP contribution in [0.15, 0.2) is 12.2 Å². The quantitative estimate of drug-likeness (QED) is 0.450. The summed E-state index contributed by atoms with van der Waals surface area (Å²) in [5.41, 5.74) is 0. The number of allylic oxidation sites excluding steroid dienone is 2. The molecule has 0 spiro atoms. The van der Waals surface area contributed by atoms with Crippen molar-refractivity contribution in [2.24, 2.45) is 41.4 Å². The second-order valence-corrected chi connectivity index (χ2v) is 10.2. The Hall–Kier alpha value is -0.350. The van der Waals surface area contributed by atoms with Crippen LogP contribution in [0.5, 0.6) is 0 Å². The Labute approximate surface area is 135 Å². The maximum absolute atomic E-state index is 11.4. The summed E-state index contributed by atoms with van der Waals surface area (Å²) in [6, 6.07) is 0. The highest BCUT2D eigenvalue weighted by atomic mass is 32.2. The topological polar surface area (TPSA) is 57.2 Å².